The molecule has 4 rings (SSSR count). The average molecular weight is 376 g/mol. The quantitative estimate of drug-likeness (QED) is 0.522. The molecule has 0 N–H and O–H groups in total. The van der Waals surface area contributed by atoms with E-state index in [-0.39, 0.29) is 11.9 Å². The van der Waals surface area contributed by atoms with Gasteiger partial charge in [0.2, 0.25) is 0 Å². The Kier molecular flexibility index (Phi) is 4.49. The van der Waals surface area contributed by atoms with Gasteiger partial charge in [-0.2, -0.15) is 5.10 Å². The summed E-state index contributed by atoms with van der Waals surface area (Å²) in [5.74, 6) is 0.0570. The molecule has 1 amide bonds. The molecule has 0 saturated heterocycles. The molecule has 2 aromatic heterocycles. The van der Waals surface area contributed by atoms with Crippen LogP contribution in [0.15, 0.2) is 61.2 Å². The number of carbonyl (C=O) groups excluding carboxylic acids is 1. The summed E-state index contributed by atoms with van der Waals surface area (Å²) in [4.78, 5) is 19.7. The number of aromatic nitrogens is 3. The van der Waals surface area contributed by atoms with E-state index in [9.17, 15) is 4.79 Å². The van der Waals surface area contributed by atoms with Crippen LogP contribution in [0.2, 0.25) is 0 Å². The van der Waals surface area contributed by atoms with E-state index in [1.165, 1.54) is 6.33 Å². The van der Waals surface area contributed by atoms with Crippen LogP contribution in [-0.2, 0) is 0 Å². The third-order valence-corrected chi connectivity index (χ3v) is 6.26. The fourth-order valence-corrected chi connectivity index (χ4v) is 4.38. The molecule has 0 aliphatic rings. The van der Waals surface area contributed by atoms with Gasteiger partial charge in [-0.3, -0.25) is 4.79 Å². The number of hydrogen-bond donors (Lipinski definition) is 0. The van der Waals surface area contributed by atoms with Crippen molar-refractivity contribution in [3.05, 3.63) is 77.2 Å². The van der Waals surface area contributed by atoms with Crippen molar-refractivity contribution in [1.29, 1.82) is 0 Å². The number of carbonyl (C=O) groups is 1. The molecule has 0 saturated carbocycles. The first-order valence-corrected chi connectivity index (χ1v) is 9.58. The van der Waals surface area contributed by atoms with E-state index in [2.05, 4.69) is 22.2 Å². The van der Waals surface area contributed by atoms with Gasteiger partial charge in [-0.05, 0) is 48.6 Å². The molecule has 2 heterocycles. The highest BCUT2D eigenvalue weighted by molar-refractivity contribution is 7.21. The first-order chi connectivity index (χ1) is 13.1. The number of rotatable bonds is 4. The predicted octanol–water partition coefficient (Wildman–Crippen LogP) is 4.62. The maximum absolute atomic E-state index is 13.1. The van der Waals surface area contributed by atoms with E-state index < -0.39 is 0 Å². The summed E-state index contributed by atoms with van der Waals surface area (Å²) in [7, 11) is 1.86. The van der Waals surface area contributed by atoms with Crippen LogP contribution in [0, 0.1) is 6.92 Å². The van der Waals surface area contributed by atoms with Gasteiger partial charge in [-0.1, -0.05) is 30.3 Å². The third-order valence-electron chi connectivity index (χ3n) is 5.00. The molecule has 0 bridgehead atoms. The Bertz CT molecular complexity index is 1080. The summed E-state index contributed by atoms with van der Waals surface area (Å²) in [5.41, 5.74) is 3.08. The number of aryl methyl sites for hydroxylation is 1. The normalized spacial score (nSPS) is 12.3. The van der Waals surface area contributed by atoms with Gasteiger partial charge in [0.1, 0.15) is 12.7 Å². The fourth-order valence-electron chi connectivity index (χ4n) is 3.19. The molecule has 6 heteroatoms. The zero-order chi connectivity index (χ0) is 19.0. The molecule has 4 aromatic rings. The van der Waals surface area contributed by atoms with E-state index in [4.69, 9.17) is 0 Å². The zero-order valence-corrected chi connectivity index (χ0v) is 16.3. The van der Waals surface area contributed by atoms with Crippen molar-refractivity contribution < 1.29 is 4.79 Å². The van der Waals surface area contributed by atoms with E-state index in [0.717, 1.165) is 31.8 Å². The molecule has 0 aliphatic heterocycles. The maximum atomic E-state index is 13.1. The van der Waals surface area contributed by atoms with Gasteiger partial charge >= 0.3 is 0 Å². The Morgan fingerprint density at radius 3 is 2.56 bits per heavy atom. The lowest BCUT2D eigenvalue weighted by atomic mass is 10.1. The number of thiophene rings is 1. The Morgan fingerprint density at radius 1 is 1.15 bits per heavy atom. The predicted molar refractivity (Wildman–Crippen MR) is 108 cm³/mol. The number of amides is 1. The Balaban J connectivity index is 1.58. The second-order valence-electron chi connectivity index (χ2n) is 6.58. The smallest absolute Gasteiger partial charge is 0.264 e. The summed E-state index contributed by atoms with van der Waals surface area (Å²) < 4.78 is 2.86. The monoisotopic (exact) mass is 376 g/mol. The van der Waals surface area contributed by atoms with Crippen LogP contribution in [-0.4, -0.2) is 32.6 Å². The Hall–Kier alpha value is -2.99. The molecule has 0 fully saturated rings. The number of hydrogen-bond acceptors (Lipinski definition) is 4. The third kappa shape index (κ3) is 3.13. The van der Waals surface area contributed by atoms with Crippen LogP contribution in [0.4, 0.5) is 0 Å². The molecule has 1 atom stereocenters. The number of benzene rings is 2. The maximum Gasteiger partial charge on any atom is 0.264 e. The Morgan fingerprint density at radius 2 is 1.89 bits per heavy atom. The minimum Gasteiger partial charge on any atom is -0.334 e. The largest absolute Gasteiger partial charge is 0.334 e. The molecular weight excluding hydrogens is 356 g/mol. The molecule has 0 radical (unpaired) electrons. The van der Waals surface area contributed by atoms with E-state index in [1.54, 1.807) is 22.3 Å². The van der Waals surface area contributed by atoms with Crippen molar-refractivity contribution in [2.24, 2.45) is 0 Å². The van der Waals surface area contributed by atoms with Gasteiger partial charge in [0, 0.05) is 11.7 Å². The van der Waals surface area contributed by atoms with Gasteiger partial charge in [0.05, 0.1) is 16.6 Å². The second-order valence-corrected chi connectivity index (χ2v) is 7.63. The van der Waals surface area contributed by atoms with Crippen molar-refractivity contribution in [1.82, 2.24) is 19.7 Å². The molecule has 2 aromatic carbocycles. The van der Waals surface area contributed by atoms with Crippen molar-refractivity contribution >= 4 is 27.3 Å². The summed E-state index contributed by atoms with van der Waals surface area (Å²) in [6, 6.07) is 16.2. The molecular formula is C21H20N4OS. The molecule has 0 aliphatic carbocycles. The molecule has 0 unspecified atom stereocenters. The SMILES string of the molecule is Cc1c(C(=O)N(C)[C@@H](C)c2ccc(-n3cncn3)cc2)sc2ccccc12. The van der Waals surface area contributed by atoms with Crippen LogP contribution in [0.5, 0.6) is 0 Å². The van der Waals surface area contributed by atoms with Gasteiger partial charge in [0.25, 0.3) is 5.91 Å². The zero-order valence-electron chi connectivity index (χ0n) is 15.5. The number of nitrogens with zero attached hydrogens (tertiary/aromatic N) is 4. The van der Waals surface area contributed by atoms with Crippen LogP contribution in [0.25, 0.3) is 15.8 Å². The first kappa shape index (κ1) is 17.4. The van der Waals surface area contributed by atoms with Crippen LogP contribution < -0.4 is 0 Å². The van der Waals surface area contributed by atoms with Gasteiger partial charge in [-0.15, -0.1) is 11.3 Å². The summed E-state index contributed by atoms with van der Waals surface area (Å²) >= 11 is 1.56. The Labute approximate surface area is 161 Å². The summed E-state index contributed by atoms with van der Waals surface area (Å²) in [5, 5.41) is 5.29. The molecule has 136 valence electrons. The fraction of sp³-hybridized carbons (Fsp3) is 0.190. The van der Waals surface area contributed by atoms with Crippen LogP contribution >= 0.6 is 11.3 Å². The average Bonchev–Trinajstić information content (AvgIpc) is 3.35. The molecule has 27 heavy (non-hydrogen) atoms. The van der Waals surface area contributed by atoms with E-state index in [0.29, 0.717) is 0 Å². The minimum atomic E-state index is -0.0353. The van der Waals surface area contributed by atoms with Gasteiger partial charge < -0.3 is 4.90 Å². The second kappa shape index (κ2) is 6.96. The lowest BCUT2D eigenvalue weighted by Gasteiger charge is -2.25. The van der Waals surface area contributed by atoms with E-state index >= 15 is 0 Å². The van der Waals surface area contributed by atoms with Crippen molar-refractivity contribution in [3.63, 3.8) is 0 Å². The minimum absolute atomic E-state index is 0.0353. The van der Waals surface area contributed by atoms with Crippen LogP contribution in [0.3, 0.4) is 0 Å². The standard InChI is InChI=1S/C21H20N4OS/c1-14-18-6-4-5-7-19(18)27-20(14)21(26)24(3)15(2)16-8-10-17(11-9-16)25-13-22-12-23-25/h4-13,15H,1-3H3/t15-/m0/s1. The van der Waals surface area contributed by atoms with Crippen molar-refractivity contribution in [3.8, 4) is 5.69 Å². The van der Waals surface area contributed by atoms with Crippen LogP contribution in [0.1, 0.15) is 33.8 Å². The number of fused-ring (bicyclic) bond motifs is 1. The van der Waals surface area contributed by atoms with E-state index in [1.807, 2.05) is 62.2 Å². The topological polar surface area (TPSA) is 51.0 Å². The highest BCUT2D eigenvalue weighted by Crippen LogP contribution is 2.33. The lowest BCUT2D eigenvalue weighted by Crippen LogP contribution is -2.29. The van der Waals surface area contributed by atoms with Crippen molar-refractivity contribution in [2.45, 2.75) is 19.9 Å². The molecule has 5 nitrogen and oxygen atoms in total. The van der Waals surface area contributed by atoms with Gasteiger partial charge in [-0.25, -0.2) is 9.67 Å². The van der Waals surface area contributed by atoms with Crippen molar-refractivity contribution in [2.75, 3.05) is 7.05 Å². The highest BCUT2D eigenvalue weighted by Gasteiger charge is 2.23. The summed E-state index contributed by atoms with van der Waals surface area (Å²) in [6.07, 6.45) is 3.18. The highest BCUT2D eigenvalue weighted by atomic mass is 32.1. The first-order valence-electron chi connectivity index (χ1n) is 8.76. The van der Waals surface area contributed by atoms with Gasteiger partial charge in [0.15, 0.2) is 0 Å². The summed E-state index contributed by atoms with van der Waals surface area (Å²) in [6.45, 7) is 4.07. The lowest BCUT2D eigenvalue weighted by molar-refractivity contribution is 0.0747. The molecule has 0 spiro atoms.